The van der Waals surface area contributed by atoms with Crippen LogP contribution in [0.15, 0.2) is 55.2 Å². The molecule has 4 heteroatoms. The van der Waals surface area contributed by atoms with Gasteiger partial charge in [-0.25, -0.2) is 4.79 Å². The fraction of sp³-hybridized carbons (Fsp3) is 0.0526. The van der Waals surface area contributed by atoms with Gasteiger partial charge in [0.1, 0.15) is 5.75 Å². The number of rotatable bonds is 3. The molecule has 3 aromatic rings. The minimum atomic E-state index is -1.04. The van der Waals surface area contributed by atoms with Gasteiger partial charge in [-0.05, 0) is 36.8 Å². The molecule has 0 atom stereocenters. The number of allylic oxidation sites excluding steroid dienone is 1. The van der Waals surface area contributed by atoms with E-state index in [0.29, 0.717) is 5.56 Å². The summed E-state index contributed by atoms with van der Waals surface area (Å²) >= 11 is 0. The van der Waals surface area contributed by atoms with Crippen molar-refractivity contribution in [1.82, 2.24) is 4.98 Å². The van der Waals surface area contributed by atoms with Crippen molar-refractivity contribution in [2.24, 2.45) is 0 Å². The highest BCUT2D eigenvalue weighted by atomic mass is 16.4. The molecule has 0 unspecified atom stereocenters. The lowest BCUT2D eigenvalue weighted by atomic mass is 9.92. The van der Waals surface area contributed by atoms with Crippen LogP contribution in [0.5, 0.6) is 5.75 Å². The Kier molecular flexibility index (Phi) is 3.58. The van der Waals surface area contributed by atoms with E-state index in [0.717, 1.165) is 27.6 Å². The van der Waals surface area contributed by atoms with Crippen LogP contribution in [0, 0.1) is 0 Å². The van der Waals surface area contributed by atoms with Crippen molar-refractivity contribution < 1.29 is 15.0 Å². The molecule has 2 aromatic carbocycles. The van der Waals surface area contributed by atoms with Gasteiger partial charge in [-0.15, -0.1) is 0 Å². The number of carboxylic acids is 1. The SMILES string of the molecule is C=C(C)c1cnc2ccccc2c1-c1cc(C(=O)O)ccc1O. The second-order valence-corrected chi connectivity index (χ2v) is 5.38. The molecule has 0 amide bonds. The van der Waals surface area contributed by atoms with Crippen LogP contribution >= 0.6 is 0 Å². The number of phenolic OH excluding ortho intramolecular Hbond substituents is 1. The molecule has 1 aromatic heterocycles. The van der Waals surface area contributed by atoms with Gasteiger partial charge in [0.2, 0.25) is 0 Å². The Hall–Kier alpha value is -3.14. The van der Waals surface area contributed by atoms with E-state index < -0.39 is 5.97 Å². The molecular formula is C19H15NO3. The average molecular weight is 305 g/mol. The Bertz CT molecular complexity index is 944. The number of phenols is 1. The summed E-state index contributed by atoms with van der Waals surface area (Å²) in [5, 5.41) is 20.4. The number of para-hydroxylation sites is 1. The number of nitrogens with zero attached hydrogens (tertiary/aromatic N) is 1. The van der Waals surface area contributed by atoms with E-state index in [9.17, 15) is 15.0 Å². The summed E-state index contributed by atoms with van der Waals surface area (Å²) in [4.78, 5) is 15.7. The smallest absolute Gasteiger partial charge is 0.335 e. The minimum absolute atomic E-state index is 0.0221. The second-order valence-electron chi connectivity index (χ2n) is 5.38. The molecule has 0 spiro atoms. The van der Waals surface area contributed by atoms with Crippen molar-refractivity contribution in [2.45, 2.75) is 6.92 Å². The number of aromatic carboxylic acids is 1. The van der Waals surface area contributed by atoms with Gasteiger partial charge in [0.15, 0.2) is 0 Å². The monoisotopic (exact) mass is 305 g/mol. The summed E-state index contributed by atoms with van der Waals surface area (Å²) in [5.74, 6) is -1.02. The van der Waals surface area contributed by atoms with Crippen LogP contribution in [0.4, 0.5) is 0 Å². The Morgan fingerprint density at radius 2 is 1.91 bits per heavy atom. The van der Waals surface area contributed by atoms with E-state index in [4.69, 9.17) is 0 Å². The molecule has 1 heterocycles. The number of fused-ring (bicyclic) bond motifs is 1. The normalized spacial score (nSPS) is 10.7. The highest BCUT2D eigenvalue weighted by molar-refractivity contribution is 6.02. The first-order valence-corrected chi connectivity index (χ1v) is 7.09. The Morgan fingerprint density at radius 3 is 2.61 bits per heavy atom. The van der Waals surface area contributed by atoms with Crippen LogP contribution in [0.2, 0.25) is 0 Å². The van der Waals surface area contributed by atoms with Gasteiger partial charge in [-0.3, -0.25) is 4.98 Å². The van der Waals surface area contributed by atoms with E-state index in [1.165, 1.54) is 18.2 Å². The number of carboxylic acid groups (broad SMARTS) is 1. The first kappa shape index (κ1) is 14.8. The first-order valence-electron chi connectivity index (χ1n) is 7.09. The van der Waals surface area contributed by atoms with E-state index >= 15 is 0 Å². The highest BCUT2D eigenvalue weighted by Crippen LogP contribution is 2.39. The predicted octanol–water partition coefficient (Wildman–Crippen LogP) is 4.34. The predicted molar refractivity (Wildman–Crippen MR) is 90.5 cm³/mol. The van der Waals surface area contributed by atoms with Crippen molar-refractivity contribution in [2.75, 3.05) is 0 Å². The summed E-state index contributed by atoms with van der Waals surface area (Å²) in [6, 6.07) is 11.8. The van der Waals surface area contributed by atoms with E-state index in [1.54, 1.807) is 6.20 Å². The van der Waals surface area contributed by atoms with E-state index in [1.807, 2.05) is 31.2 Å². The van der Waals surface area contributed by atoms with Gasteiger partial charge in [0.25, 0.3) is 0 Å². The van der Waals surface area contributed by atoms with Crippen LogP contribution in [-0.4, -0.2) is 21.2 Å². The molecule has 2 N–H and O–H groups in total. The summed E-state index contributed by atoms with van der Waals surface area (Å²) < 4.78 is 0. The van der Waals surface area contributed by atoms with Crippen molar-refractivity contribution >= 4 is 22.4 Å². The largest absolute Gasteiger partial charge is 0.507 e. The third-order valence-electron chi connectivity index (χ3n) is 3.75. The van der Waals surface area contributed by atoms with Gasteiger partial charge in [0, 0.05) is 28.3 Å². The lowest BCUT2D eigenvalue weighted by Crippen LogP contribution is -1.98. The number of hydrogen-bond donors (Lipinski definition) is 2. The molecule has 4 nitrogen and oxygen atoms in total. The van der Waals surface area contributed by atoms with E-state index in [-0.39, 0.29) is 11.3 Å². The number of aromatic hydroxyl groups is 1. The van der Waals surface area contributed by atoms with Crippen molar-refractivity contribution in [1.29, 1.82) is 0 Å². The summed E-state index contributed by atoms with van der Waals surface area (Å²) in [5.41, 5.74) is 3.66. The Labute approximate surface area is 133 Å². The first-order chi connectivity index (χ1) is 11.0. The molecular weight excluding hydrogens is 290 g/mol. The number of hydrogen-bond acceptors (Lipinski definition) is 3. The fourth-order valence-corrected chi connectivity index (χ4v) is 2.62. The van der Waals surface area contributed by atoms with Gasteiger partial charge >= 0.3 is 5.97 Å². The molecule has 0 saturated carbocycles. The minimum Gasteiger partial charge on any atom is -0.507 e. The lowest BCUT2D eigenvalue weighted by molar-refractivity contribution is 0.0697. The van der Waals surface area contributed by atoms with Crippen molar-refractivity contribution in [3.8, 4) is 16.9 Å². The van der Waals surface area contributed by atoms with Crippen molar-refractivity contribution in [3.05, 3.63) is 66.4 Å². The van der Waals surface area contributed by atoms with Crippen LogP contribution in [0.25, 0.3) is 27.6 Å². The molecule has 0 saturated heterocycles. The zero-order valence-electron chi connectivity index (χ0n) is 12.6. The third kappa shape index (κ3) is 2.55. The molecule has 3 rings (SSSR count). The van der Waals surface area contributed by atoms with E-state index in [2.05, 4.69) is 11.6 Å². The number of benzene rings is 2. The molecule has 0 aliphatic heterocycles. The summed E-state index contributed by atoms with van der Waals surface area (Å²) in [6.45, 7) is 5.82. The third-order valence-corrected chi connectivity index (χ3v) is 3.75. The molecule has 114 valence electrons. The molecule has 23 heavy (non-hydrogen) atoms. The van der Waals surface area contributed by atoms with Crippen LogP contribution < -0.4 is 0 Å². The molecule has 0 aliphatic rings. The van der Waals surface area contributed by atoms with Crippen molar-refractivity contribution in [3.63, 3.8) is 0 Å². The lowest BCUT2D eigenvalue weighted by Gasteiger charge is -2.14. The Balaban J connectivity index is 2.43. The average Bonchev–Trinajstić information content (AvgIpc) is 2.54. The van der Waals surface area contributed by atoms with Gasteiger partial charge in [-0.1, -0.05) is 24.8 Å². The van der Waals surface area contributed by atoms with Gasteiger partial charge in [-0.2, -0.15) is 0 Å². The maximum absolute atomic E-state index is 11.3. The molecule has 0 fully saturated rings. The van der Waals surface area contributed by atoms with Crippen LogP contribution in [-0.2, 0) is 0 Å². The maximum atomic E-state index is 11.3. The number of pyridine rings is 1. The maximum Gasteiger partial charge on any atom is 0.335 e. The zero-order valence-corrected chi connectivity index (χ0v) is 12.6. The second kappa shape index (κ2) is 5.57. The molecule has 0 bridgehead atoms. The van der Waals surface area contributed by atoms with Crippen LogP contribution in [0.3, 0.4) is 0 Å². The standard InChI is InChI=1S/C19H15NO3/c1-11(2)15-10-20-16-6-4-3-5-13(16)18(15)14-9-12(19(22)23)7-8-17(14)21/h3-10,21H,1H2,2H3,(H,22,23). The van der Waals surface area contributed by atoms with Gasteiger partial charge in [0.05, 0.1) is 11.1 Å². The molecule has 0 radical (unpaired) electrons. The topological polar surface area (TPSA) is 70.4 Å². The van der Waals surface area contributed by atoms with Gasteiger partial charge < -0.3 is 10.2 Å². The quantitative estimate of drug-likeness (QED) is 0.755. The number of aromatic nitrogens is 1. The Morgan fingerprint density at radius 1 is 1.17 bits per heavy atom. The number of carbonyl (C=O) groups is 1. The fourth-order valence-electron chi connectivity index (χ4n) is 2.62. The highest BCUT2D eigenvalue weighted by Gasteiger charge is 2.16. The van der Waals surface area contributed by atoms with Crippen LogP contribution in [0.1, 0.15) is 22.8 Å². The molecule has 0 aliphatic carbocycles. The summed E-state index contributed by atoms with van der Waals surface area (Å²) in [7, 11) is 0. The zero-order chi connectivity index (χ0) is 16.6. The summed E-state index contributed by atoms with van der Waals surface area (Å²) in [6.07, 6.45) is 1.70.